The van der Waals surface area contributed by atoms with Gasteiger partial charge >= 0.3 is 0 Å². The fourth-order valence-electron chi connectivity index (χ4n) is 1.58. The first-order chi connectivity index (χ1) is 7.09. The maximum absolute atomic E-state index is 9.90. The highest BCUT2D eigenvalue weighted by atomic mass is 16.3. The Hall–Kier alpha value is -1.46. The van der Waals surface area contributed by atoms with Crippen molar-refractivity contribution in [2.24, 2.45) is 5.73 Å². The number of H-pyrrole nitrogens is 1. The van der Waals surface area contributed by atoms with E-state index in [1.807, 2.05) is 6.92 Å². The van der Waals surface area contributed by atoms with Crippen LogP contribution in [0, 0.1) is 6.92 Å². The fraction of sp³-hybridized carbons (Fsp3) is 0.400. The Morgan fingerprint density at radius 2 is 2.27 bits per heavy atom. The van der Waals surface area contributed by atoms with Gasteiger partial charge in [-0.15, -0.1) is 0 Å². The van der Waals surface area contributed by atoms with Crippen LogP contribution in [-0.4, -0.2) is 26.1 Å². The van der Waals surface area contributed by atoms with Crippen molar-refractivity contribution < 1.29 is 5.11 Å². The van der Waals surface area contributed by atoms with Gasteiger partial charge in [0.05, 0.1) is 11.6 Å². The summed E-state index contributed by atoms with van der Waals surface area (Å²) < 4.78 is 0. The molecule has 0 amide bonds. The molecule has 2 aromatic rings. The van der Waals surface area contributed by atoms with Gasteiger partial charge in [-0.1, -0.05) is 0 Å². The Morgan fingerprint density at radius 1 is 1.53 bits per heavy atom. The quantitative estimate of drug-likeness (QED) is 0.673. The highest BCUT2D eigenvalue weighted by molar-refractivity contribution is 5.75. The van der Waals surface area contributed by atoms with Crippen LogP contribution in [0.2, 0.25) is 0 Å². The summed E-state index contributed by atoms with van der Waals surface area (Å²) in [6.45, 7) is 3.61. The van der Waals surface area contributed by atoms with E-state index in [0.717, 1.165) is 16.9 Å². The molecule has 0 saturated carbocycles. The number of imidazole rings is 1. The monoisotopic (exact) mass is 206 g/mol. The Balaban J connectivity index is 2.59. The van der Waals surface area contributed by atoms with Gasteiger partial charge < -0.3 is 15.8 Å². The highest BCUT2D eigenvalue weighted by Crippen LogP contribution is 2.22. The number of nitrogens with two attached hydrogens (primary N) is 1. The molecule has 2 unspecified atom stereocenters. The first-order valence-electron chi connectivity index (χ1n) is 4.84. The Kier molecular flexibility index (Phi) is 2.42. The van der Waals surface area contributed by atoms with Gasteiger partial charge in [-0.05, 0) is 19.9 Å². The van der Waals surface area contributed by atoms with Crippen molar-refractivity contribution in [1.82, 2.24) is 15.0 Å². The van der Waals surface area contributed by atoms with Gasteiger partial charge in [0.2, 0.25) is 0 Å². The third-order valence-electron chi connectivity index (χ3n) is 2.36. The number of fused-ring (bicyclic) bond motifs is 1. The van der Waals surface area contributed by atoms with Crippen molar-refractivity contribution in [3.63, 3.8) is 0 Å². The van der Waals surface area contributed by atoms with E-state index in [-0.39, 0.29) is 6.04 Å². The van der Waals surface area contributed by atoms with Gasteiger partial charge in [0.25, 0.3) is 0 Å². The number of rotatable bonds is 2. The lowest BCUT2D eigenvalue weighted by molar-refractivity contribution is 0.154. The van der Waals surface area contributed by atoms with Gasteiger partial charge in [0.15, 0.2) is 5.65 Å². The zero-order valence-corrected chi connectivity index (χ0v) is 8.73. The molecule has 0 bridgehead atoms. The van der Waals surface area contributed by atoms with E-state index in [9.17, 15) is 5.11 Å². The van der Waals surface area contributed by atoms with Crippen molar-refractivity contribution in [2.45, 2.75) is 26.0 Å². The second-order valence-electron chi connectivity index (χ2n) is 3.72. The molecular formula is C10H14N4O. The first kappa shape index (κ1) is 10.1. The predicted octanol–water partition coefficient (Wildman–Crippen LogP) is 0.647. The number of hydrogen-bond donors (Lipinski definition) is 3. The van der Waals surface area contributed by atoms with E-state index in [0.29, 0.717) is 5.65 Å². The van der Waals surface area contributed by atoms with E-state index in [4.69, 9.17) is 5.73 Å². The van der Waals surface area contributed by atoms with Crippen LogP contribution in [0.4, 0.5) is 0 Å². The summed E-state index contributed by atoms with van der Waals surface area (Å²) in [5.41, 5.74) is 7.79. The van der Waals surface area contributed by atoms with Crippen LogP contribution in [0.15, 0.2) is 12.3 Å². The predicted molar refractivity (Wildman–Crippen MR) is 57.2 cm³/mol. The fourth-order valence-corrected chi connectivity index (χ4v) is 1.58. The van der Waals surface area contributed by atoms with Crippen LogP contribution in [0.25, 0.3) is 11.2 Å². The number of nitrogens with one attached hydrogen (secondary N) is 1. The number of hydrogen-bond acceptors (Lipinski definition) is 4. The molecule has 0 fully saturated rings. The highest BCUT2D eigenvalue weighted by Gasteiger charge is 2.17. The molecule has 2 atom stereocenters. The average Bonchev–Trinajstić information content (AvgIpc) is 2.56. The summed E-state index contributed by atoms with van der Waals surface area (Å²) in [5.74, 6) is 0.779. The minimum absolute atomic E-state index is 0.320. The summed E-state index contributed by atoms with van der Waals surface area (Å²) >= 11 is 0. The van der Waals surface area contributed by atoms with Crippen LogP contribution in [0.3, 0.4) is 0 Å². The zero-order valence-electron chi connectivity index (χ0n) is 8.73. The van der Waals surface area contributed by atoms with E-state index in [2.05, 4.69) is 15.0 Å². The van der Waals surface area contributed by atoms with Crippen molar-refractivity contribution in [2.75, 3.05) is 0 Å². The van der Waals surface area contributed by atoms with Crippen molar-refractivity contribution in [3.8, 4) is 0 Å². The van der Waals surface area contributed by atoms with Gasteiger partial charge in [0, 0.05) is 17.8 Å². The number of pyridine rings is 1. The molecule has 0 saturated heterocycles. The van der Waals surface area contributed by atoms with Crippen LogP contribution < -0.4 is 5.73 Å². The molecule has 5 heteroatoms. The van der Waals surface area contributed by atoms with Gasteiger partial charge in [-0.2, -0.15) is 0 Å². The summed E-state index contributed by atoms with van der Waals surface area (Å²) in [4.78, 5) is 11.4. The second-order valence-corrected chi connectivity index (χ2v) is 3.72. The number of aliphatic hydroxyl groups excluding tert-OH is 1. The second kappa shape index (κ2) is 3.60. The smallest absolute Gasteiger partial charge is 0.178 e. The molecular weight excluding hydrogens is 192 g/mol. The number of aromatic amines is 1. The summed E-state index contributed by atoms with van der Waals surface area (Å²) in [6.07, 6.45) is 0.930. The van der Waals surface area contributed by atoms with E-state index in [1.165, 1.54) is 0 Å². The summed E-state index contributed by atoms with van der Waals surface area (Å²) in [7, 11) is 0. The van der Waals surface area contributed by atoms with Gasteiger partial charge in [-0.3, -0.25) is 0 Å². The Labute approximate surface area is 87.4 Å². The Morgan fingerprint density at radius 3 is 2.93 bits per heavy atom. The molecule has 15 heavy (non-hydrogen) atoms. The molecule has 0 aromatic carbocycles. The third kappa shape index (κ3) is 1.71. The molecule has 0 aliphatic heterocycles. The largest absolute Gasteiger partial charge is 0.387 e. The molecule has 2 aromatic heterocycles. The minimum Gasteiger partial charge on any atom is -0.387 e. The average molecular weight is 206 g/mol. The standard InChI is InChI=1S/C10H14N4O/c1-5(11)9(15)7-3-4-12-10-8(7)13-6(2)14-10/h3-5,9,15H,11H2,1-2H3,(H,12,13,14). The number of aryl methyl sites for hydroxylation is 1. The third-order valence-corrected chi connectivity index (χ3v) is 2.36. The van der Waals surface area contributed by atoms with E-state index in [1.54, 1.807) is 19.2 Å². The topological polar surface area (TPSA) is 87.8 Å². The molecule has 0 aliphatic carbocycles. The molecule has 2 rings (SSSR count). The molecule has 0 spiro atoms. The Bertz CT molecular complexity index is 477. The van der Waals surface area contributed by atoms with E-state index >= 15 is 0 Å². The maximum Gasteiger partial charge on any atom is 0.178 e. The summed E-state index contributed by atoms with van der Waals surface area (Å²) in [6, 6.07) is 1.44. The molecule has 0 radical (unpaired) electrons. The maximum atomic E-state index is 9.90. The SMILES string of the molecule is Cc1nc2nccc(C(O)C(C)N)c2[nH]1. The van der Waals surface area contributed by atoms with Crippen LogP contribution in [0.5, 0.6) is 0 Å². The van der Waals surface area contributed by atoms with E-state index < -0.39 is 6.10 Å². The van der Waals surface area contributed by atoms with Crippen molar-refractivity contribution in [3.05, 3.63) is 23.7 Å². The number of nitrogens with zero attached hydrogens (tertiary/aromatic N) is 2. The van der Waals surface area contributed by atoms with Crippen molar-refractivity contribution in [1.29, 1.82) is 0 Å². The van der Waals surface area contributed by atoms with Crippen LogP contribution in [-0.2, 0) is 0 Å². The lowest BCUT2D eigenvalue weighted by atomic mass is 10.0. The minimum atomic E-state index is -0.699. The number of aromatic nitrogens is 3. The lowest BCUT2D eigenvalue weighted by Crippen LogP contribution is -2.24. The lowest BCUT2D eigenvalue weighted by Gasteiger charge is -2.14. The molecule has 0 aliphatic rings. The summed E-state index contributed by atoms with van der Waals surface area (Å²) in [5, 5.41) is 9.90. The molecule has 4 N–H and O–H groups in total. The normalized spacial score (nSPS) is 15.5. The number of aliphatic hydroxyl groups is 1. The zero-order chi connectivity index (χ0) is 11.0. The van der Waals surface area contributed by atoms with Crippen LogP contribution >= 0.6 is 0 Å². The first-order valence-corrected chi connectivity index (χ1v) is 4.84. The molecule has 2 heterocycles. The van der Waals surface area contributed by atoms with Gasteiger partial charge in [-0.25, -0.2) is 9.97 Å². The van der Waals surface area contributed by atoms with Crippen LogP contribution in [0.1, 0.15) is 24.4 Å². The molecule has 5 nitrogen and oxygen atoms in total. The van der Waals surface area contributed by atoms with Crippen molar-refractivity contribution >= 4 is 11.2 Å². The van der Waals surface area contributed by atoms with Gasteiger partial charge in [0.1, 0.15) is 5.82 Å². The molecule has 80 valence electrons.